The molecule has 1 aliphatic carbocycles. The van der Waals surface area contributed by atoms with Crippen LogP contribution in [0.5, 0.6) is 5.75 Å². The van der Waals surface area contributed by atoms with Crippen molar-refractivity contribution in [2.75, 3.05) is 20.7 Å². The molecule has 0 atom stereocenters. The second kappa shape index (κ2) is 8.30. The van der Waals surface area contributed by atoms with Crippen LogP contribution in [0.2, 0.25) is 0 Å². The van der Waals surface area contributed by atoms with Gasteiger partial charge in [0.05, 0.1) is 30.3 Å². The number of carbonyl (C=O) groups is 3. The van der Waals surface area contributed by atoms with Crippen LogP contribution in [0.15, 0.2) is 42.5 Å². The Morgan fingerprint density at radius 2 is 1.70 bits per heavy atom. The van der Waals surface area contributed by atoms with E-state index < -0.39 is 0 Å². The zero-order valence-corrected chi connectivity index (χ0v) is 17.4. The Kier molecular flexibility index (Phi) is 5.57. The highest BCUT2D eigenvalue weighted by atomic mass is 16.5. The average molecular weight is 406 g/mol. The van der Waals surface area contributed by atoms with E-state index in [1.54, 1.807) is 47.4 Å². The van der Waals surface area contributed by atoms with E-state index in [0.717, 1.165) is 19.4 Å². The van der Waals surface area contributed by atoms with Gasteiger partial charge in [0.1, 0.15) is 5.75 Å². The minimum absolute atomic E-state index is 0.108. The number of imide groups is 1. The molecule has 4 rings (SSSR count). The normalized spacial score (nSPS) is 16.1. The Hall–Kier alpha value is -3.15. The molecule has 1 aliphatic heterocycles. The first-order valence-electron chi connectivity index (χ1n) is 10.4. The predicted molar refractivity (Wildman–Crippen MR) is 113 cm³/mol. The molecule has 0 spiro atoms. The molecule has 6 heteroatoms. The standard InChI is InChI=1S/C24H26N2O4/c1-25(14-16-7-3-4-8-16)22(27)20-13-17(11-12-21(20)30-2)15-26-23(28)18-9-5-6-10-19(18)24(26)29/h5-6,9-13,16H,3-4,7-8,14-15H2,1-2H3. The van der Waals surface area contributed by atoms with Crippen molar-refractivity contribution in [1.82, 2.24) is 9.80 Å². The molecule has 0 radical (unpaired) electrons. The molecule has 0 N–H and O–H groups in total. The van der Waals surface area contributed by atoms with Crippen molar-refractivity contribution in [2.24, 2.45) is 5.92 Å². The topological polar surface area (TPSA) is 66.9 Å². The molecule has 156 valence electrons. The largest absolute Gasteiger partial charge is 0.496 e. The van der Waals surface area contributed by atoms with Crippen LogP contribution in [0.4, 0.5) is 0 Å². The predicted octanol–water partition coefficient (Wildman–Crippen LogP) is 3.75. The average Bonchev–Trinajstić information content (AvgIpc) is 3.36. The van der Waals surface area contributed by atoms with Crippen LogP contribution in [0, 0.1) is 5.92 Å². The van der Waals surface area contributed by atoms with Gasteiger partial charge >= 0.3 is 0 Å². The number of hydrogen-bond acceptors (Lipinski definition) is 4. The summed E-state index contributed by atoms with van der Waals surface area (Å²) in [5.74, 6) is 0.314. The maximum atomic E-state index is 13.1. The Balaban J connectivity index is 1.55. The summed E-state index contributed by atoms with van der Waals surface area (Å²) in [6, 6.07) is 12.1. The molecule has 1 saturated carbocycles. The van der Waals surface area contributed by atoms with E-state index in [4.69, 9.17) is 4.74 Å². The van der Waals surface area contributed by atoms with E-state index in [9.17, 15) is 14.4 Å². The molecule has 6 nitrogen and oxygen atoms in total. The molecule has 30 heavy (non-hydrogen) atoms. The summed E-state index contributed by atoms with van der Waals surface area (Å²) in [5, 5.41) is 0. The van der Waals surface area contributed by atoms with Gasteiger partial charge in [-0.1, -0.05) is 31.0 Å². The first kappa shape index (κ1) is 20.1. The van der Waals surface area contributed by atoms with Crippen LogP contribution >= 0.6 is 0 Å². The Morgan fingerprint density at radius 1 is 1.07 bits per heavy atom. The summed E-state index contributed by atoms with van der Waals surface area (Å²) in [6.07, 6.45) is 4.78. The van der Waals surface area contributed by atoms with Crippen LogP contribution in [0.3, 0.4) is 0 Å². The lowest BCUT2D eigenvalue weighted by Gasteiger charge is -2.23. The minimum Gasteiger partial charge on any atom is -0.496 e. The first-order chi connectivity index (χ1) is 14.5. The van der Waals surface area contributed by atoms with Crippen LogP contribution in [-0.4, -0.2) is 48.2 Å². The molecule has 0 unspecified atom stereocenters. The number of rotatable bonds is 6. The van der Waals surface area contributed by atoms with E-state index in [2.05, 4.69) is 0 Å². The fraction of sp³-hybridized carbons (Fsp3) is 0.375. The fourth-order valence-corrected chi connectivity index (χ4v) is 4.45. The number of nitrogens with zero attached hydrogens (tertiary/aromatic N) is 2. The van der Waals surface area contributed by atoms with Gasteiger partial charge in [-0.25, -0.2) is 0 Å². The van der Waals surface area contributed by atoms with Gasteiger partial charge in [-0.2, -0.15) is 0 Å². The second-order valence-electron chi connectivity index (χ2n) is 8.11. The summed E-state index contributed by atoms with van der Waals surface area (Å²) >= 11 is 0. The first-order valence-corrected chi connectivity index (χ1v) is 10.4. The van der Waals surface area contributed by atoms with Gasteiger partial charge in [-0.15, -0.1) is 0 Å². The lowest BCUT2D eigenvalue weighted by atomic mass is 10.1. The molecule has 2 aromatic carbocycles. The number of ether oxygens (including phenoxy) is 1. The third-order valence-corrected chi connectivity index (χ3v) is 6.07. The van der Waals surface area contributed by atoms with Crippen molar-refractivity contribution in [1.29, 1.82) is 0 Å². The number of fused-ring (bicyclic) bond motifs is 1. The molecule has 2 aliphatic rings. The van der Waals surface area contributed by atoms with Gasteiger partial charge in [0.25, 0.3) is 17.7 Å². The molecular formula is C24H26N2O4. The number of hydrogen-bond donors (Lipinski definition) is 0. The summed E-state index contributed by atoms with van der Waals surface area (Å²) in [6.45, 7) is 0.841. The van der Waals surface area contributed by atoms with Crippen molar-refractivity contribution in [3.05, 3.63) is 64.7 Å². The molecular weight excluding hydrogens is 380 g/mol. The lowest BCUT2D eigenvalue weighted by molar-refractivity contribution is 0.0642. The maximum Gasteiger partial charge on any atom is 0.261 e. The van der Waals surface area contributed by atoms with E-state index >= 15 is 0 Å². The molecule has 1 fully saturated rings. The minimum atomic E-state index is -0.308. The highest BCUT2D eigenvalue weighted by molar-refractivity contribution is 6.21. The second-order valence-corrected chi connectivity index (χ2v) is 8.11. The van der Waals surface area contributed by atoms with Crippen molar-refractivity contribution in [3.63, 3.8) is 0 Å². The smallest absolute Gasteiger partial charge is 0.261 e. The van der Waals surface area contributed by atoms with E-state index in [1.807, 2.05) is 7.05 Å². The van der Waals surface area contributed by atoms with Crippen molar-refractivity contribution in [2.45, 2.75) is 32.2 Å². The monoisotopic (exact) mass is 406 g/mol. The number of methoxy groups -OCH3 is 1. The summed E-state index contributed by atoms with van der Waals surface area (Å²) in [7, 11) is 3.35. The quantitative estimate of drug-likeness (QED) is 0.685. The molecule has 0 bridgehead atoms. The van der Waals surface area contributed by atoms with Crippen LogP contribution in [0.25, 0.3) is 0 Å². The molecule has 0 aromatic heterocycles. The Bertz CT molecular complexity index is 959. The van der Waals surface area contributed by atoms with E-state index in [1.165, 1.54) is 24.9 Å². The molecule has 2 aromatic rings. The van der Waals surface area contributed by atoms with Crippen molar-refractivity contribution >= 4 is 17.7 Å². The zero-order chi connectivity index (χ0) is 21.3. The highest BCUT2D eigenvalue weighted by Gasteiger charge is 2.35. The van der Waals surface area contributed by atoms with Crippen LogP contribution < -0.4 is 4.74 Å². The number of benzene rings is 2. The lowest BCUT2D eigenvalue weighted by Crippen LogP contribution is -2.32. The van der Waals surface area contributed by atoms with Crippen LogP contribution in [-0.2, 0) is 6.54 Å². The SMILES string of the molecule is COc1ccc(CN2C(=O)c3ccccc3C2=O)cc1C(=O)N(C)CC1CCCC1. The van der Waals surface area contributed by atoms with E-state index in [0.29, 0.717) is 33.9 Å². The summed E-state index contributed by atoms with van der Waals surface area (Å²) < 4.78 is 5.41. The Morgan fingerprint density at radius 3 is 2.30 bits per heavy atom. The van der Waals surface area contributed by atoms with Gasteiger partial charge < -0.3 is 9.64 Å². The van der Waals surface area contributed by atoms with Crippen molar-refractivity contribution < 1.29 is 19.1 Å². The Labute approximate surface area is 176 Å². The summed E-state index contributed by atoms with van der Waals surface area (Å²) in [5.41, 5.74) is 2.00. The fourth-order valence-electron chi connectivity index (χ4n) is 4.45. The van der Waals surface area contributed by atoms with E-state index in [-0.39, 0.29) is 24.3 Å². The third-order valence-electron chi connectivity index (χ3n) is 6.07. The molecule has 1 heterocycles. The maximum absolute atomic E-state index is 13.1. The van der Waals surface area contributed by atoms with Gasteiger partial charge in [0, 0.05) is 13.6 Å². The zero-order valence-electron chi connectivity index (χ0n) is 17.4. The molecule has 3 amide bonds. The summed E-state index contributed by atoms with van der Waals surface area (Å²) in [4.78, 5) is 41.4. The van der Waals surface area contributed by atoms with Crippen LogP contribution in [0.1, 0.15) is 62.3 Å². The van der Waals surface area contributed by atoms with Gasteiger partial charge in [-0.3, -0.25) is 19.3 Å². The van der Waals surface area contributed by atoms with Gasteiger partial charge in [-0.05, 0) is 48.6 Å². The van der Waals surface area contributed by atoms with Gasteiger partial charge in [0.15, 0.2) is 0 Å². The van der Waals surface area contributed by atoms with Crippen molar-refractivity contribution in [3.8, 4) is 5.75 Å². The third kappa shape index (κ3) is 3.70. The molecule has 0 saturated heterocycles. The number of amides is 3. The van der Waals surface area contributed by atoms with Gasteiger partial charge in [0.2, 0.25) is 0 Å². The number of carbonyl (C=O) groups excluding carboxylic acids is 3. The highest BCUT2D eigenvalue weighted by Crippen LogP contribution is 2.29.